The van der Waals surface area contributed by atoms with Crippen LogP contribution in [0.25, 0.3) is 0 Å². The second-order valence-corrected chi connectivity index (χ2v) is 6.94. The Morgan fingerprint density at radius 1 is 1.22 bits per heavy atom. The maximum Gasteiger partial charge on any atom is 0.325 e. The monoisotopic (exact) mass is 386 g/mol. The lowest BCUT2D eigenvalue weighted by Crippen LogP contribution is -2.44. The molecule has 3 rings (SSSR count). The smallest absolute Gasteiger partial charge is 0.325 e. The van der Waals surface area contributed by atoms with Gasteiger partial charge in [-0.25, -0.2) is 4.79 Å². The van der Waals surface area contributed by atoms with Crippen molar-refractivity contribution in [2.45, 2.75) is 18.9 Å². The Labute approximate surface area is 159 Å². The van der Waals surface area contributed by atoms with Gasteiger partial charge in [-0.05, 0) is 23.4 Å². The van der Waals surface area contributed by atoms with E-state index < -0.39 is 35.8 Å². The van der Waals surface area contributed by atoms with Crippen molar-refractivity contribution in [2.24, 2.45) is 5.73 Å². The van der Waals surface area contributed by atoms with E-state index in [2.05, 4.69) is 10.6 Å². The van der Waals surface area contributed by atoms with Gasteiger partial charge in [-0.15, -0.1) is 11.3 Å². The standard InChI is InChI=1S/C18H18N4O4S/c1-2-18(11-6-4-3-5-7-11)16(25)22(17(26)21-18)10-13(23)20-15-12(14(19)24)8-9-27-15/h3-9H,2,10H2,1H3,(H2,19,24)(H,20,23)(H,21,26). The van der Waals surface area contributed by atoms with Crippen LogP contribution < -0.4 is 16.4 Å². The number of benzene rings is 1. The molecule has 1 aromatic heterocycles. The Balaban J connectivity index is 1.78. The summed E-state index contributed by atoms with van der Waals surface area (Å²) < 4.78 is 0. The van der Waals surface area contributed by atoms with Crippen LogP contribution in [-0.2, 0) is 15.1 Å². The highest BCUT2D eigenvalue weighted by Crippen LogP contribution is 2.32. The molecule has 1 aromatic carbocycles. The van der Waals surface area contributed by atoms with Crippen LogP contribution in [0.5, 0.6) is 0 Å². The summed E-state index contributed by atoms with van der Waals surface area (Å²) in [6.07, 6.45) is 0.344. The van der Waals surface area contributed by atoms with E-state index in [1.807, 2.05) is 6.07 Å². The summed E-state index contributed by atoms with van der Waals surface area (Å²) in [6.45, 7) is 1.33. The number of carbonyl (C=O) groups excluding carboxylic acids is 4. The Hall–Kier alpha value is -3.20. The first-order valence-corrected chi connectivity index (χ1v) is 9.13. The predicted molar refractivity (Wildman–Crippen MR) is 100 cm³/mol. The molecule has 2 aromatic rings. The van der Waals surface area contributed by atoms with E-state index in [1.165, 1.54) is 6.07 Å². The minimum atomic E-state index is -1.19. The first kappa shape index (κ1) is 18.6. The number of hydrogen-bond donors (Lipinski definition) is 3. The van der Waals surface area contributed by atoms with Crippen LogP contribution in [0.3, 0.4) is 0 Å². The van der Waals surface area contributed by atoms with Crippen molar-refractivity contribution < 1.29 is 19.2 Å². The fourth-order valence-corrected chi connectivity index (χ4v) is 3.85. The number of nitrogens with one attached hydrogen (secondary N) is 2. The van der Waals surface area contributed by atoms with E-state index >= 15 is 0 Å². The molecular formula is C18H18N4O4S. The fourth-order valence-electron chi connectivity index (χ4n) is 3.04. The highest BCUT2D eigenvalue weighted by atomic mass is 32.1. The van der Waals surface area contributed by atoms with Crippen LogP contribution in [0.4, 0.5) is 9.80 Å². The zero-order chi connectivity index (χ0) is 19.6. The third-order valence-electron chi connectivity index (χ3n) is 4.46. The molecule has 1 unspecified atom stereocenters. The number of urea groups is 1. The summed E-state index contributed by atoms with van der Waals surface area (Å²) in [7, 11) is 0. The first-order chi connectivity index (χ1) is 12.9. The van der Waals surface area contributed by atoms with Gasteiger partial charge < -0.3 is 16.4 Å². The molecular weight excluding hydrogens is 368 g/mol. The molecule has 1 saturated heterocycles. The second-order valence-electron chi connectivity index (χ2n) is 6.02. The van der Waals surface area contributed by atoms with E-state index in [0.717, 1.165) is 16.2 Å². The average Bonchev–Trinajstić information content (AvgIpc) is 3.21. The molecule has 0 saturated carbocycles. The van der Waals surface area contributed by atoms with E-state index in [-0.39, 0.29) is 10.6 Å². The number of anilines is 1. The zero-order valence-corrected chi connectivity index (χ0v) is 15.3. The summed E-state index contributed by atoms with van der Waals surface area (Å²) in [5, 5.41) is 7.14. The van der Waals surface area contributed by atoms with Crippen molar-refractivity contribution in [2.75, 3.05) is 11.9 Å². The summed E-state index contributed by atoms with van der Waals surface area (Å²) in [4.78, 5) is 49.9. The Morgan fingerprint density at radius 3 is 2.56 bits per heavy atom. The van der Waals surface area contributed by atoms with Gasteiger partial charge in [0.25, 0.3) is 11.8 Å². The van der Waals surface area contributed by atoms with Gasteiger partial charge in [0.2, 0.25) is 5.91 Å². The minimum Gasteiger partial charge on any atom is -0.366 e. The Morgan fingerprint density at radius 2 is 1.93 bits per heavy atom. The number of primary amides is 1. The van der Waals surface area contributed by atoms with Crippen LogP contribution in [0, 0.1) is 0 Å². The molecule has 1 aliphatic heterocycles. The van der Waals surface area contributed by atoms with Crippen molar-refractivity contribution in [1.82, 2.24) is 10.2 Å². The van der Waals surface area contributed by atoms with Crippen LogP contribution in [0.1, 0.15) is 29.3 Å². The van der Waals surface area contributed by atoms with Crippen molar-refractivity contribution >= 4 is 40.1 Å². The molecule has 9 heteroatoms. The lowest BCUT2D eigenvalue weighted by Gasteiger charge is -2.25. The maximum absolute atomic E-state index is 13.0. The number of imide groups is 1. The van der Waals surface area contributed by atoms with Gasteiger partial charge in [0.15, 0.2) is 0 Å². The molecule has 0 bridgehead atoms. The van der Waals surface area contributed by atoms with Gasteiger partial charge in [0, 0.05) is 0 Å². The molecule has 27 heavy (non-hydrogen) atoms. The van der Waals surface area contributed by atoms with Crippen LogP contribution in [0.15, 0.2) is 41.8 Å². The van der Waals surface area contributed by atoms with Crippen molar-refractivity contribution in [3.63, 3.8) is 0 Å². The topological polar surface area (TPSA) is 122 Å². The van der Waals surface area contributed by atoms with Crippen LogP contribution >= 0.6 is 11.3 Å². The highest BCUT2D eigenvalue weighted by Gasteiger charge is 2.51. The maximum atomic E-state index is 13.0. The number of thiophene rings is 1. The normalized spacial score (nSPS) is 19.1. The number of carbonyl (C=O) groups is 4. The molecule has 1 atom stereocenters. The number of rotatable bonds is 6. The Bertz CT molecular complexity index is 911. The quantitative estimate of drug-likeness (QED) is 0.653. The van der Waals surface area contributed by atoms with Gasteiger partial charge in [-0.2, -0.15) is 0 Å². The molecule has 5 amide bonds. The molecule has 8 nitrogen and oxygen atoms in total. The van der Waals surface area contributed by atoms with Gasteiger partial charge >= 0.3 is 6.03 Å². The van der Waals surface area contributed by atoms with Gasteiger partial charge in [0.05, 0.1) is 5.56 Å². The molecule has 0 radical (unpaired) electrons. The SMILES string of the molecule is CCC1(c2ccccc2)NC(=O)N(CC(=O)Nc2sccc2C(N)=O)C1=O. The third-order valence-corrected chi connectivity index (χ3v) is 5.29. The summed E-state index contributed by atoms with van der Waals surface area (Å²) >= 11 is 1.13. The summed E-state index contributed by atoms with van der Waals surface area (Å²) in [6, 6.07) is 9.76. The molecule has 2 heterocycles. The van der Waals surface area contributed by atoms with Crippen LogP contribution in [-0.4, -0.2) is 35.2 Å². The lowest BCUT2D eigenvalue weighted by atomic mass is 9.87. The lowest BCUT2D eigenvalue weighted by molar-refractivity contribution is -0.134. The van der Waals surface area contributed by atoms with Crippen LogP contribution in [0.2, 0.25) is 0 Å². The number of amides is 5. The van der Waals surface area contributed by atoms with Gasteiger partial charge in [-0.3, -0.25) is 19.3 Å². The Kier molecular flexibility index (Phi) is 4.95. The largest absolute Gasteiger partial charge is 0.366 e. The number of nitrogens with zero attached hydrogens (tertiary/aromatic N) is 1. The number of hydrogen-bond acceptors (Lipinski definition) is 5. The number of nitrogens with two attached hydrogens (primary N) is 1. The molecule has 1 fully saturated rings. The van der Waals surface area contributed by atoms with E-state index in [0.29, 0.717) is 12.0 Å². The average molecular weight is 386 g/mol. The van der Waals surface area contributed by atoms with E-state index in [1.54, 1.807) is 36.6 Å². The second kappa shape index (κ2) is 7.20. The van der Waals surface area contributed by atoms with E-state index in [4.69, 9.17) is 5.73 Å². The highest BCUT2D eigenvalue weighted by molar-refractivity contribution is 7.14. The van der Waals surface area contributed by atoms with Crippen molar-refractivity contribution in [1.29, 1.82) is 0 Å². The molecule has 4 N–H and O–H groups in total. The predicted octanol–water partition coefficient (Wildman–Crippen LogP) is 1.64. The minimum absolute atomic E-state index is 0.178. The van der Waals surface area contributed by atoms with Crippen molar-refractivity contribution in [3.05, 3.63) is 52.9 Å². The van der Waals surface area contributed by atoms with Gasteiger partial charge in [0.1, 0.15) is 17.1 Å². The third kappa shape index (κ3) is 3.28. The first-order valence-electron chi connectivity index (χ1n) is 8.26. The van der Waals surface area contributed by atoms with Gasteiger partial charge in [-0.1, -0.05) is 37.3 Å². The zero-order valence-electron chi connectivity index (χ0n) is 14.5. The summed E-state index contributed by atoms with van der Waals surface area (Å²) in [5.41, 5.74) is 4.89. The summed E-state index contributed by atoms with van der Waals surface area (Å²) in [5.74, 6) is -1.75. The molecule has 0 aliphatic carbocycles. The van der Waals surface area contributed by atoms with E-state index in [9.17, 15) is 19.2 Å². The fraction of sp³-hybridized carbons (Fsp3) is 0.222. The molecule has 1 aliphatic rings. The molecule has 0 spiro atoms. The van der Waals surface area contributed by atoms with Crippen molar-refractivity contribution in [3.8, 4) is 0 Å². The molecule has 140 valence electrons.